The minimum absolute atomic E-state index is 0.465. The second-order valence-corrected chi connectivity index (χ2v) is 4.95. The van der Waals surface area contributed by atoms with Gasteiger partial charge in [-0.25, -0.2) is 0 Å². The predicted molar refractivity (Wildman–Crippen MR) is 75.2 cm³/mol. The quantitative estimate of drug-likeness (QED) is 0.662. The molecule has 0 unspecified atom stereocenters. The predicted octanol–water partition coefficient (Wildman–Crippen LogP) is 5.63. The van der Waals surface area contributed by atoms with Crippen LogP contribution in [0, 0.1) is 0 Å². The zero-order valence-corrected chi connectivity index (χ0v) is 11.9. The van der Waals surface area contributed by atoms with Gasteiger partial charge in [-0.3, -0.25) is 0 Å². The molecule has 0 aromatic heterocycles. The summed E-state index contributed by atoms with van der Waals surface area (Å²) in [6.07, 6.45) is 0. The molecule has 0 radical (unpaired) electrons. The average molecular weight is 332 g/mol. The number of halogens is 3. The third kappa shape index (κ3) is 3.15. The second-order valence-electron chi connectivity index (χ2n) is 3.42. The van der Waals surface area contributed by atoms with Crippen molar-refractivity contribution in [3.63, 3.8) is 0 Å². The molecule has 0 saturated heterocycles. The summed E-state index contributed by atoms with van der Waals surface area (Å²) in [5.74, 6) is 1.82. The van der Waals surface area contributed by atoms with Gasteiger partial charge in [0.25, 0.3) is 0 Å². The molecule has 0 saturated carbocycles. The van der Waals surface area contributed by atoms with E-state index in [1.807, 2.05) is 36.4 Å². The molecule has 0 amide bonds. The molecule has 0 fully saturated rings. The van der Waals surface area contributed by atoms with E-state index in [0.717, 1.165) is 15.8 Å². The Kier molecular flexibility index (Phi) is 4.32. The van der Waals surface area contributed by atoms with Crippen LogP contribution in [0.25, 0.3) is 0 Å². The lowest BCUT2D eigenvalue weighted by molar-refractivity contribution is 0.482. The van der Waals surface area contributed by atoms with Gasteiger partial charge < -0.3 is 4.74 Å². The Labute approximate surface area is 118 Å². The van der Waals surface area contributed by atoms with Gasteiger partial charge in [0.1, 0.15) is 11.5 Å². The normalized spacial score (nSPS) is 10.3. The topological polar surface area (TPSA) is 9.23 Å². The lowest BCUT2D eigenvalue weighted by Gasteiger charge is -2.08. The summed E-state index contributed by atoms with van der Waals surface area (Å²) in [5.41, 5.74) is 1.03. The van der Waals surface area contributed by atoms with Gasteiger partial charge in [-0.15, -0.1) is 11.6 Å². The Morgan fingerprint density at radius 2 is 1.88 bits per heavy atom. The number of para-hydroxylation sites is 1. The van der Waals surface area contributed by atoms with E-state index in [2.05, 4.69) is 15.9 Å². The molecule has 0 atom stereocenters. The van der Waals surface area contributed by atoms with Crippen LogP contribution in [-0.4, -0.2) is 0 Å². The zero-order chi connectivity index (χ0) is 12.3. The van der Waals surface area contributed by atoms with Gasteiger partial charge in [-0.05, 0) is 29.8 Å². The maximum atomic E-state index is 6.01. The van der Waals surface area contributed by atoms with Gasteiger partial charge in [0.2, 0.25) is 0 Å². The summed E-state index contributed by atoms with van der Waals surface area (Å²) in [7, 11) is 0. The number of benzene rings is 2. The lowest BCUT2D eigenvalue weighted by Crippen LogP contribution is -1.87. The fraction of sp³-hybridized carbons (Fsp3) is 0.0769. The summed E-state index contributed by atoms with van der Waals surface area (Å²) < 4.78 is 6.61. The van der Waals surface area contributed by atoms with Gasteiger partial charge in [0, 0.05) is 10.4 Å². The molecule has 4 heteroatoms. The molecule has 0 aliphatic carbocycles. The van der Waals surface area contributed by atoms with Crippen LogP contribution >= 0.6 is 39.1 Å². The molecule has 0 heterocycles. The van der Waals surface area contributed by atoms with Crippen LogP contribution in [0.2, 0.25) is 5.02 Å². The number of alkyl halides is 1. The van der Waals surface area contributed by atoms with Crippen LogP contribution in [-0.2, 0) is 5.88 Å². The largest absolute Gasteiger partial charge is 0.456 e. The van der Waals surface area contributed by atoms with E-state index in [1.54, 1.807) is 6.07 Å². The summed E-state index contributed by atoms with van der Waals surface area (Å²) in [6, 6.07) is 13.0. The Morgan fingerprint density at radius 3 is 2.53 bits per heavy atom. The monoisotopic (exact) mass is 330 g/mol. The Balaban J connectivity index is 2.25. The molecule has 88 valence electrons. The molecular weight excluding hydrogens is 323 g/mol. The average Bonchev–Trinajstić information content (AvgIpc) is 2.32. The van der Waals surface area contributed by atoms with Crippen LogP contribution in [0.4, 0.5) is 0 Å². The van der Waals surface area contributed by atoms with E-state index < -0.39 is 0 Å². The number of ether oxygens (including phenoxy) is 1. The summed E-state index contributed by atoms with van der Waals surface area (Å²) in [6.45, 7) is 0. The van der Waals surface area contributed by atoms with E-state index in [1.165, 1.54) is 0 Å². The molecule has 0 spiro atoms. The highest BCUT2D eigenvalue weighted by atomic mass is 79.9. The molecule has 2 aromatic carbocycles. The van der Waals surface area contributed by atoms with Crippen LogP contribution in [0.15, 0.2) is 46.9 Å². The number of rotatable bonds is 3. The van der Waals surface area contributed by atoms with Crippen molar-refractivity contribution in [2.24, 2.45) is 0 Å². The minimum Gasteiger partial charge on any atom is -0.456 e. The molecule has 17 heavy (non-hydrogen) atoms. The van der Waals surface area contributed by atoms with Crippen molar-refractivity contribution in [2.75, 3.05) is 0 Å². The fourth-order valence-corrected chi connectivity index (χ4v) is 2.42. The third-order valence-electron chi connectivity index (χ3n) is 2.23. The molecule has 2 aromatic rings. The first-order valence-electron chi connectivity index (χ1n) is 4.97. The van der Waals surface area contributed by atoms with Crippen LogP contribution in [0.1, 0.15) is 5.56 Å². The molecule has 1 nitrogen and oxygen atoms in total. The van der Waals surface area contributed by atoms with Crippen LogP contribution in [0.3, 0.4) is 0 Å². The van der Waals surface area contributed by atoms with Gasteiger partial charge in [0.15, 0.2) is 0 Å². The maximum Gasteiger partial charge on any atom is 0.146 e. The molecule has 0 bridgehead atoms. The first-order chi connectivity index (χ1) is 8.20. The van der Waals surface area contributed by atoms with Crippen LogP contribution < -0.4 is 4.74 Å². The molecule has 2 rings (SSSR count). The fourth-order valence-electron chi connectivity index (χ4n) is 1.35. The zero-order valence-electron chi connectivity index (χ0n) is 8.79. The number of hydrogen-bond acceptors (Lipinski definition) is 1. The van der Waals surface area contributed by atoms with E-state index in [-0.39, 0.29) is 0 Å². The van der Waals surface area contributed by atoms with E-state index in [4.69, 9.17) is 27.9 Å². The number of hydrogen-bond donors (Lipinski definition) is 0. The van der Waals surface area contributed by atoms with Gasteiger partial charge in [-0.1, -0.05) is 45.7 Å². The van der Waals surface area contributed by atoms with Crippen molar-refractivity contribution >= 4 is 39.1 Å². The minimum atomic E-state index is 0.465. The van der Waals surface area contributed by atoms with Crippen molar-refractivity contribution in [3.8, 4) is 11.5 Å². The van der Waals surface area contributed by atoms with Crippen molar-refractivity contribution in [1.29, 1.82) is 0 Å². The van der Waals surface area contributed by atoms with Crippen LogP contribution in [0.5, 0.6) is 11.5 Å². The van der Waals surface area contributed by atoms with E-state index >= 15 is 0 Å². The summed E-state index contributed by atoms with van der Waals surface area (Å²) in [5, 5.41) is 0.588. The van der Waals surface area contributed by atoms with Gasteiger partial charge in [-0.2, -0.15) is 0 Å². The van der Waals surface area contributed by atoms with Crippen molar-refractivity contribution in [2.45, 2.75) is 5.88 Å². The first-order valence-corrected chi connectivity index (χ1v) is 6.68. The highest BCUT2D eigenvalue weighted by Crippen LogP contribution is 2.31. The summed E-state index contributed by atoms with van der Waals surface area (Å²) >= 11 is 15.2. The molecule has 0 aliphatic heterocycles. The molecule has 0 N–H and O–H groups in total. The SMILES string of the molecule is ClCc1ccc(Oc2ccccc2Cl)cc1Br. The smallest absolute Gasteiger partial charge is 0.146 e. The van der Waals surface area contributed by atoms with Gasteiger partial charge in [0.05, 0.1) is 5.02 Å². The Bertz CT molecular complexity index is 529. The van der Waals surface area contributed by atoms with E-state index in [0.29, 0.717) is 16.7 Å². The first kappa shape index (κ1) is 12.7. The summed E-state index contributed by atoms with van der Waals surface area (Å²) in [4.78, 5) is 0. The Hall–Kier alpha value is -0.700. The lowest BCUT2D eigenvalue weighted by atomic mass is 10.2. The standard InChI is InChI=1S/C13H9BrCl2O/c14-11-7-10(6-5-9(11)8-15)17-13-4-2-1-3-12(13)16/h1-7H,8H2. The Morgan fingerprint density at radius 1 is 1.12 bits per heavy atom. The molecular formula is C13H9BrCl2O. The maximum absolute atomic E-state index is 6.01. The second kappa shape index (κ2) is 5.76. The van der Waals surface area contributed by atoms with Crippen molar-refractivity contribution in [1.82, 2.24) is 0 Å². The highest BCUT2D eigenvalue weighted by Gasteiger charge is 2.04. The molecule has 0 aliphatic rings. The van der Waals surface area contributed by atoms with Gasteiger partial charge >= 0.3 is 0 Å². The van der Waals surface area contributed by atoms with E-state index in [9.17, 15) is 0 Å². The van der Waals surface area contributed by atoms with Crippen molar-refractivity contribution < 1.29 is 4.74 Å². The third-order valence-corrected chi connectivity index (χ3v) is 3.57. The highest BCUT2D eigenvalue weighted by molar-refractivity contribution is 9.10. The van der Waals surface area contributed by atoms with Crippen molar-refractivity contribution in [3.05, 3.63) is 57.5 Å².